The summed E-state index contributed by atoms with van der Waals surface area (Å²) in [6, 6.07) is 9.83. The Morgan fingerprint density at radius 1 is 1.17 bits per heavy atom. The minimum atomic E-state index is 0.399. The van der Waals surface area contributed by atoms with Gasteiger partial charge in [-0.25, -0.2) is 0 Å². The number of rotatable bonds is 4. The minimum absolute atomic E-state index is 0.399. The highest BCUT2D eigenvalue weighted by molar-refractivity contribution is 5.80. The van der Waals surface area contributed by atoms with E-state index in [4.69, 9.17) is 4.74 Å². The van der Waals surface area contributed by atoms with Gasteiger partial charge in [0.2, 0.25) is 0 Å². The van der Waals surface area contributed by atoms with Crippen molar-refractivity contribution in [2.45, 2.75) is 70.2 Å². The van der Waals surface area contributed by atoms with Gasteiger partial charge in [0.15, 0.2) is 5.96 Å². The molecule has 29 heavy (non-hydrogen) atoms. The first-order chi connectivity index (χ1) is 14.2. The molecule has 2 heterocycles. The normalized spacial score (nSPS) is 31.8. The Kier molecular flexibility index (Phi) is 5.29. The zero-order valence-electron chi connectivity index (χ0n) is 18.0. The van der Waals surface area contributed by atoms with Gasteiger partial charge in [0.05, 0.1) is 6.10 Å². The number of nitrogens with zero attached hydrogens (tertiary/aromatic N) is 2. The van der Waals surface area contributed by atoms with Gasteiger partial charge in [0.1, 0.15) is 0 Å². The van der Waals surface area contributed by atoms with Crippen molar-refractivity contribution in [2.75, 3.05) is 26.7 Å². The third kappa shape index (κ3) is 3.46. The molecule has 2 aliphatic carbocycles. The average Bonchev–Trinajstić information content (AvgIpc) is 3.12. The second-order valence-electron chi connectivity index (χ2n) is 9.65. The van der Waals surface area contributed by atoms with Gasteiger partial charge in [-0.3, -0.25) is 9.89 Å². The number of benzene rings is 1. The zero-order valence-corrected chi connectivity index (χ0v) is 18.0. The lowest BCUT2D eigenvalue weighted by Crippen LogP contribution is -2.72. The van der Waals surface area contributed by atoms with Crippen LogP contribution in [0, 0.1) is 18.3 Å². The molecule has 5 nitrogen and oxygen atoms in total. The van der Waals surface area contributed by atoms with E-state index in [1.807, 2.05) is 7.05 Å². The molecule has 5 rings (SSSR count). The topological polar surface area (TPSA) is 48.9 Å². The monoisotopic (exact) mass is 396 g/mol. The third-order valence-electron chi connectivity index (χ3n) is 8.14. The van der Waals surface area contributed by atoms with E-state index in [1.165, 1.54) is 49.7 Å². The van der Waals surface area contributed by atoms with Gasteiger partial charge in [-0.2, -0.15) is 0 Å². The summed E-state index contributed by atoms with van der Waals surface area (Å²) in [5, 5.41) is 7.56. The van der Waals surface area contributed by atoms with E-state index in [-0.39, 0.29) is 0 Å². The fourth-order valence-electron chi connectivity index (χ4n) is 6.23. The fourth-order valence-corrected chi connectivity index (χ4v) is 6.23. The Morgan fingerprint density at radius 2 is 1.97 bits per heavy atom. The summed E-state index contributed by atoms with van der Waals surface area (Å²) in [5.74, 6) is 1.69. The first kappa shape index (κ1) is 19.4. The standard InChI is InChI=1S/C24H36N4O/c1-17-6-3-4-7-18(17)16-28-13-8-19(9-14-28)26-23(25-2)27-21-20-10-15-29-22(20)24(21)11-5-12-24/h3-4,6-7,19-22H,5,8-16H2,1-2H3,(H2,25,26,27). The van der Waals surface area contributed by atoms with E-state index < -0.39 is 0 Å². The number of fused-ring (bicyclic) bond motifs is 2. The number of nitrogens with one attached hydrogen (secondary N) is 2. The number of piperidine rings is 1. The van der Waals surface area contributed by atoms with Gasteiger partial charge < -0.3 is 15.4 Å². The lowest BCUT2D eigenvalue weighted by Gasteiger charge is -2.63. The number of aliphatic imine (C=N–C) groups is 1. The van der Waals surface area contributed by atoms with Gasteiger partial charge in [-0.15, -0.1) is 0 Å². The van der Waals surface area contributed by atoms with E-state index in [0.717, 1.165) is 32.2 Å². The quantitative estimate of drug-likeness (QED) is 0.607. The highest BCUT2D eigenvalue weighted by Gasteiger charge is 2.66. The van der Waals surface area contributed by atoms with E-state index in [0.29, 0.717) is 29.5 Å². The van der Waals surface area contributed by atoms with Crippen LogP contribution in [-0.2, 0) is 11.3 Å². The van der Waals surface area contributed by atoms with Crippen molar-refractivity contribution in [1.29, 1.82) is 0 Å². The molecule has 158 valence electrons. The van der Waals surface area contributed by atoms with Crippen LogP contribution in [0.4, 0.5) is 0 Å². The molecule has 1 aromatic rings. The van der Waals surface area contributed by atoms with Gasteiger partial charge in [-0.05, 0) is 50.2 Å². The number of hydrogen-bond acceptors (Lipinski definition) is 3. The van der Waals surface area contributed by atoms with Crippen LogP contribution in [0.5, 0.6) is 0 Å². The van der Waals surface area contributed by atoms with Crippen molar-refractivity contribution in [3.8, 4) is 0 Å². The molecule has 3 atom stereocenters. The summed E-state index contributed by atoms with van der Waals surface area (Å²) in [6.45, 7) is 6.53. The number of likely N-dealkylation sites (tertiary alicyclic amines) is 1. The van der Waals surface area contributed by atoms with Crippen LogP contribution in [-0.4, -0.2) is 55.8 Å². The van der Waals surface area contributed by atoms with Gasteiger partial charge in [0.25, 0.3) is 0 Å². The molecule has 0 radical (unpaired) electrons. The molecule has 2 saturated carbocycles. The second-order valence-corrected chi connectivity index (χ2v) is 9.65. The molecule has 1 aromatic carbocycles. The van der Waals surface area contributed by atoms with Crippen molar-refractivity contribution >= 4 is 5.96 Å². The summed E-state index contributed by atoms with van der Waals surface area (Å²) in [4.78, 5) is 7.17. The molecule has 2 N–H and O–H groups in total. The maximum atomic E-state index is 6.07. The SMILES string of the molecule is CN=C(NC1CCN(Cc2ccccc2C)CC1)NC1C2CCOC2C12CCC2. The molecule has 4 fully saturated rings. The fraction of sp³-hybridized carbons (Fsp3) is 0.708. The molecule has 0 amide bonds. The third-order valence-corrected chi connectivity index (χ3v) is 8.14. The second kappa shape index (κ2) is 7.92. The van der Waals surface area contributed by atoms with Crippen LogP contribution < -0.4 is 10.6 Å². The van der Waals surface area contributed by atoms with Gasteiger partial charge in [-0.1, -0.05) is 30.7 Å². The molecule has 2 saturated heterocycles. The molecule has 0 aromatic heterocycles. The summed E-state index contributed by atoms with van der Waals surface area (Å²) < 4.78 is 6.07. The highest BCUT2D eigenvalue weighted by Crippen LogP contribution is 2.62. The summed E-state index contributed by atoms with van der Waals surface area (Å²) in [7, 11) is 1.91. The Morgan fingerprint density at radius 3 is 2.66 bits per heavy atom. The maximum absolute atomic E-state index is 6.07. The molecule has 1 spiro atoms. The van der Waals surface area contributed by atoms with Crippen LogP contribution in [0.25, 0.3) is 0 Å². The van der Waals surface area contributed by atoms with Crippen LogP contribution in [0.15, 0.2) is 29.3 Å². The first-order valence-corrected chi connectivity index (χ1v) is 11.6. The molecular formula is C24H36N4O. The highest BCUT2D eigenvalue weighted by atomic mass is 16.5. The summed E-state index contributed by atoms with van der Waals surface area (Å²) in [6.07, 6.45) is 8.07. The lowest BCUT2D eigenvalue weighted by atomic mass is 9.46. The predicted octanol–water partition coefficient (Wildman–Crippen LogP) is 3.08. The van der Waals surface area contributed by atoms with Gasteiger partial charge >= 0.3 is 0 Å². The largest absolute Gasteiger partial charge is 0.377 e. The number of hydrogen-bond donors (Lipinski definition) is 2. The Balaban J connectivity index is 1.13. The van der Waals surface area contributed by atoms with E-state index in [1.54, 1.807) is 0 Å². The molecule has 4 aliphatic rings. The number of aryl methyl sites for hydroxylation is 1. The lowest BCUT2D eigenvalue weighted by molar-refractivity contribution is -0.171. The van der Waals surface area contributed by atoms with Gasteiger partial charge in [0, 0.05) is 56.7 Å². The van der Waals surface area contributed by atoms with Crippen molar-refractivity contribution in [3.63, 3.8) is 0 Å². The predicted molar refractivity (Wildman–Crippen MR) is 117 cm³/mol. The minimum Gasteiger partial charge on any atom is -0.377 e. The molecular weight excluding hydrogens is 360 g/mol. The van der Waals surface area contributed by atoms with Crippen molar-refractivity contribution in [2.24, 2.45) is 16.3 Å². The van der Waals surface area contributed by atoms with Crippen molar-refractivity contribution in [3.05, 3.63) is 35.4 Å². The van der Waals surface area contributed by atoms with E-state index in [9.17, 15) is 0 Å². The van der Waals surface area contributed by atoms with Crippen molar-refractivity contribution in [1.82, 2.24) is 15.5 Å². The molecule has 3 unspecified atom stereocenters. The zero-order chi connectivity index (χ0) is 19.8. The molecule has 0 bridgehead atoms. The Labute approximate surface area is 175 Å². The Bertz CT molecular complexity index is 751. The van der Waals surface area contributed by atoms with Crippen LogP contribution in [0.1, 0.15) is 49.7 Å². The smallest absolute Gasteiger partial charge is 0.191 e. The van der Waals surface area contributed by atoms with E-state index >= 15 is 0 Å². The summed E-state index contributed by atoms with van der Waals surface area (Å²) >= 11 is 0. The average molecular weight is 397 g/mol. The number of guanidine groups is 1. The molecule has 2 aliphatic heterocycles. The summed E-state index contributed by atoms with van der Waals surface area (Å²) in [5.41, 5.74) is 3.26. The van der Waals surface area contributed by atoms with E-state index in [2.05, 4.69) is 51.7 Å². The van der Waals surface area contributed by atoms with Crippen LogP contribution >= 0.6 is 0 Å². The van der Waals surface area contributed by atoms with Crippen LogP contribution in [0.3, 0.4) is 0 Å². The molecule has 5 heteroatoms. The first-order valence-electron chi connectivity index (χ1n) is 11.6. The number of ether oxygens (including phenoxy) is 1. The maximum Gasteiger partial charge on any atom is 0.191 e. The van der Waals surface area contributed by atoms with Crippen LogP contribution in [0.2, 0.25) is 0 Å². The Hall–Kier alpha value is -1.59. The van der Waals surface area contributed by atoms with Crippen molar-refractivity contribution < 1.29 is 4.74 Å².